The first-order chi connectivity index (χ1) is 28.3. The summed E-state index contributed by atoms with van der Waals surface area (Å²) < 4.78 is 22.4. The standard InChI is InChI=1S/C50H46O8/c1-5-55-45(51)49(46(52)56-6-2)31-39(37-23-15-17-25-41(37)49)43(33-19-11-9-12-20-33)35-27-29-36(30-28-35)44(34-21-13-10-14-22-34)40-32-50(47(53)57-7-3,48(54)58-8-4)42-26-18-16-24-38(40)42/h9-30H,5-8,31-32H2,1-4H3/b43-39-,44-40+. The van der Waals surface area contributed by atoms with Crippen LogP contribution in [-0.2, 0) is 49.0 Å². The Morgan fingerprint density at radius 1 is 0.397 bits per heavy atom. The lowest BCUT2D eigenvalue weighted by Gasteiger charge is -2.25. The number of allylic oxidation sites excluding steroid dienone is 2. The van der Waals surface area contributed by atoms with Gasteiger partial charge in [-0.2, -0.15) is 0 Å². The SMILES string of the molecule is CCOC(=O)C1(C(=O)OCC)C/C(=C(\c2ccccc2)c2ccc(/C(=C3\CC(C(=O)OCC)(C(=O)OCC)c4ccccc43)c3ccccc3)cc2)c2ccccc21. The third kappa shape index (κ3) is 6.72. The topological polar surface area (TPSA) is 105 Å². The summed E-state index contributed by atoms with van der Waals surface area (Å²) >= 11 is 0. The van der Waals surface area contributed by atoms with Crippen LogP contribution >= 0.6 is 0 Å². The lowest BCUT2D eigenvalue weighted by molar-refractivity contribution is -0.166. The number of ether oxygens (including phenoxy) is 4. The Morgan fingerprint density at radius 3 is 0.983 bits per heavy atom. The highest BCUT2D eigenvalue weighted by Gasteiger charge is 2.58. The van der Waals surface area contributed by atoms with E-state index in [4.69, 9.17) is 18.9 Å². The number of fused-ring (bicyclic) bond motifs is 2. The lowest BCUT2D eigenvalue weighted by Crippen LogP contribution is -2.44. The summed E-state index contributed by atoms with van der Waals surface area (Å²) in [5.41, 5.74) is 6.18. The monoisotopic (exact) mass is 774 g/mol. The smallest absolute Gasteiger partial charge is 0.328 e. The second kappa shape index (κ2) is 16.9. The molecule has 8 nitrogen and oxygen atoms in total. The first-order valence-corrected chi connectivity index (χ1v) is 19.8. The minimum absolute atomic E-state index is 0.0515. The van der Waals surface area contributed by atoms with Crippen molar-refractivity contribution in [1.82, 2.24) is 0 Å². The van der Waals surface area contributed by atoms with E-state index < -0.39 is 34.7 Å². The van der Waals surface area contributed by atoms with E-state index in [9.17, 15) is 19.2 Å². The molecule has 0 aromatic heterocycles. The van der Waals surface area contributed by atoms with Gasteiger partial charge in [0.05, 0.1) is 26.4 Å². The van der Waals surface area contributed by atoms with E-state index in [-0.39, 0.29) is 39.3 Å². The fourth-order valence-electron chi connectivity index (χ4n) is 8.55. The van der Waals surface area contributed by atoms with Gasteiger partial charge in [0.2, 0.25) is 0 Å². The molecule has 2 aliphatic carbocycles. The number of hydrogen-bond acceptors (Lipinski definition) is 8. The van der Waals surface area contributed by atoms with Crippen molar-refractivity contribution in [3.8, 4) is 0 Å². The van der Waals surface area contributed by atoms with Gasteiger partial charge in [-0.1, -0.05) is 133 Å². The predicted molar refractivity (Wildman–Crippen MR) is 223 cm³/mol. The molecule has 0 radical (unpaired) electrons. The van der Waals surface area contributed by atoms with E-state index in [1.54, 1.807) is 27.7 Å². The zero-order chi connectivity index (χ0) is 40.9. The summed E-state index contributed by atoms with van der Waals surface area (Å²) in [4.78, 5) is 55.8. The molecular formula is C50H46O8. The second-order valence-electron chi connectivity index (χ2n) is 14.2. The Labute approximate surface area is 339 Å². The lowest BCUT2D eigenvalue weighted by atomic mass is 9.80. The molecule has 0 amide bonds. The summed E-state index contributed by atoms with van der Waals surface area (Å²) in [7, 11) is 0. The fourth-order valence-corrected chi connectivity index (χ4v) is 8.55. The van der Waals surface area contributed by atoms with Gasteiger partial charge in [-0.25, -0.2) is 0 Å². The Bertz CT molecular complexity index is 2200. The number of esters is 4. The van der Waals surface area contributed by atoms with Gasteiger partial charge < -0.3 is 18.9 Å². The normalized spacial score (nSPS) is 16.3. The van der Waals surface area contributed by atoms with Crippen molar-refractivity contribution in [1.29, 1.82) is 0 Å². The molecule has 0 N–H and O–H groups in total. The molecule has 5 aromatic carbocycles. The summed E-state index contributed by atoms with van der Waals surface area (Å²) in [6, 6.07) is 42.9. The third-order valence-electron chi connectivity index (χ3n) is 11.0. The van der Waals surface area contributed by atoms with Gasteiger partial charge in [0.15, 0.2) is 10.8 Å². The van der Waals surface area contributed by atoms with Crippen LogP contribution in [0.3, 0.4) is 0 Å². The Hall–Kier alpha value is -6.54. The molecule has 0 unspecified atom stereocenters. The molecular weight excluding hydrogens is 729 g/mol. The molecule has 0 atom stereocenters. The first-order valence-electron chi connectivity index (χ1n) is 19.8. The van der Waals surface area contributed by atoms with Crippen LogP contribution < -0.4 is 0 Å². The van der Waals surface area contributed by atoms with Crippen LogP contribution in [0.15, 0.2) is 133 Å². The number of carbonyl (C=O) groups is 4. The van der Waals surface area contributed by atoms with Crippen molar-refractivity contribution >= 4 is 46.2 Å². The van der Waals surface area contributed by atoms with Crippen molar-refractivity contribution in [2.75, 3.05) is 26.4 Å². The summed E-state index contributed by atoms with van der Waals surface area (Å²) in [6.07, 6.45) is 0.103. The quantitative estimate of drug-likeness (QED) is 0.0703. The van der Waals surface area contributed by atoms with E-state index in [0.717, 1.165) is 55.7 Å². The van der Waals surface area contributed by atoms with Crippen LogP contribution in [0.25, 0.3) is 22.3 Å². The van der Waals surface area contributed by atoms with Crippen LogP contribution in [0.5, 0.6) is 0 Å². The number of hydrogen-bond donors (Lipinski definition) is 0. The van der Waals surface area contributed by atoms with E-state index in [1.165, 1.54) is 0 Å². The van der Waals surface area contributed by atoms with Gasteiger partial charge >= 0.3 is 23.9 Å². The highest BCUT2D eigenvalue weighted by atomic mass is 16.6. The molecule has 7 rings (SSSR count). The number of carbonyl (C=O) groups excluding carboxylic acids is 4. The fraction of sp³-hybridized carbons (Fsp3) is 0.240. The molecule has 0 saturated heterocycles. The zero-order valence-corrected chi connectivity index (χ0v) is 33.2. The van der Waals surface area contributed by atoms with Crippen LogP contribution in [0, 0.1) is 0 Å². The van der Waals surface area contributed by atoms with Gasteiger partial charge in [0, 0.05) is 12.8 Å². The molecule has 8 heteroatoms. The molecule has 0 saturated carbocycles. The summed E-state index contributed by atoms with van der Waals surface area (Å²) in [5.74, 6) is -2.57. The zero-order valence-electron chi connectivity index (χ0n) is 33.2. The maximum Gasteiger partial charge on any atom is 0.328 e. The van der Waals surface area contributed by atoms with E-state index in [1.807, 2.05) is 133 Å². The molecule has 0 heterocycles. The maximum absolute atomic E-state index is 13.9. The highest BCUT2D eigenvalue weighted by molar-refractivity contribution is 6.16. The van der Waals surface area contributed by atoms with Crippen molar-refractivity contribution in [2.24, 2.45) is 0 Å². The Balaban J connectivity index is 1.45. The maximum atomic E-state index is 13.9. The van der Waals surface area contributed by atoms with Gasteiger partial charge in [-0.3, -0.25) is 19.2 Å². The molecule has 0 bridgehead atoms. The summed E-state index contributed by atoms with van der Waals surface area (Å²) in [5, 5.41) is 0. The predicted octanol–water partition coefficient (Wildman–Crippen LogP) is 9.14. The van der Waals surface area contributed by atoms with Crippen molar-refractivity contribution in [3.05, 3.63) is 178 Å². The van der Waals surface area contributed by atoms with Crippen LogP contribution in [-0.4, -0.2) is 50.3 Å². The van der Waals surface area contributed by atoms with Crippen molar-refractivity contribution in [3.63, 3.8) is 0 Å². The average molecular weight is 775 g/mol. The first kappa shape index (κ1) is 39.7. The number of rotatable bonds is 12. The van der Waals surface area contributed by atoms with Crippen LogP contribution in [0.4, 0.5) is 0 Å². The van der Waals surface area contributed by atoms with Gasteiger partial charge in [-0.15, -0.1) is 0 Å². The minimum atomic E-state index is -1.68. The Kier molecular flexibility index (Phi) is 11.6. The van der Waals surface area contributed by atoms with E-state index in [2.05, 4.69) is 0 Å². The molecule has 5 aromatic rings. The average Bonchev–Trinajstić information content (AvgIpc) is 3.78. The largest absolute Gasteiger partial charge is 0.465 e. The van der Waals surface area contributed by atoms with Gasteiger partial charge in [0.25, 0.3) is 0 Å². The molecule has 58 heavy (non-hydrogen) atoms. The van der Waals surface area contributed by atoms with E-state index in [0.29, 0.717) is 11.1 Å². The van der Waals surface area contributed by atoms with Gasteiger partial charge in [-0.05, 0) is 94.5 Å². The molecule has 0 spiro atoms. The highest BCUT2D eigenvalue weighted by Crippen LogP contribution is 2.53. The number of benzene rings is 5. The molecule has 0 aliphatic heterocycles. The van der Waals surface area contributed by atoms with Crippen molar-refractivity contribution < 1.29 is 38.1 Å². The molecule has 294 valence electrons. The summed E-state index contributed by atoms with van der Waals surface area (Å²) in [6.45, 7) is 7.34. The van der Waals surface area contributed by atoms with Crippen LogP contribution in [0.2, 0.25) is 0 Å². The molecule has 0 fully saturated rings. The third-order valence-corrected chi connectivity index (χ3v) is 11.0. The minimum Gasteiger partial charge on any atom is -0.465 e. The van der Waals surface area contributed by atoms with Crippen molar-refractivity contribution in [2.45, 2.75) is 51.4 Å². The van der Waals surface area contributed by atoms with Crippen LogP contribution in [0.1, 0.15) is 85.0 Å². The second-order valence-corrected chi connectivity index (χ2v) is 14.2. The van der Waals surface area contributed by atoms with E-state index >= 15 is 0 Å². The Morgan fingerprint density at radius 2 is 0.672 bits per heavy atom. The molecule has 2 aliphatic rings. The van der Waals surface area contributed by atoms with Gasteiger partial charge in [0.1, 0.15) is 0 Å².